The normalized spacial score (nSPS) is 36.6. The van der Waals surface area contributed by atoms with Gasteiger partial charge in [-0.2, -0.15) is 0 Å². The first-order valence-electron chi connectivity index (χ1n) is 10.5. The minimum atomic E-state index is 0.184. The monoisotopic (exact) mass is 394 g/mol. The summed E-state index contributed by atoms with van der Waals surface area (Å²) in [6.07, 6.45) is 12.9. The highest BCUT2D eigenvalue weighted by molar-refractivity contribution is 5.51. The molecule has 1 aromatic rings. The number of rotatable bonds is 8. The van der Waals surface area contributed by atoms with Crippen molar-refractivity contribution in [3.8, 4) is 0 Å². The molecule has 0 amide bonds. The number of anilines is 1. The Hall–Kier alpha value is -2.12. The van der Waals surface area contributed by atoms with Crippen LogP contribution in [0.5, 0.6) is 0 Å². The molecule has 4 saturated heterocycles. The van der Waals surface area contributed by atoms with Crippen LogP contribution in [0.4, 0.5) is 5.69 Å². The van der Waals surface area contributed by atoms with Crippen molar-refractivity contribution in [2.24, 2.45) is 0 Å². The molecule has 152 valence electrons. The molecule has 4 heterocycles. The minimum absolute atomic E-state index is 0.184. The van der Waals surface area contributed by atoms with Crippen LogP contribution >= 0.6 is 0 Å². The standard InChI is InChI=1S/C23H26N2O4/c1-2-4-18(24(20-12-26-20)21-13-27-21)8-5-16(3-1)11-17-6-9-19(10-7-17)25(22-14-28-22)23-15-29-23/h3-10,20-23H,1-2,11-15H2/b8-5-,16-3+,18-4+. The van der Waals surface area contributed by atoms with E-state index < -0.39 is 0 Å². The van der Waals surface area contributed by atoms with E-state index >= 15 is 0 Å². The Morgan fingerprint density at radius 3 is 1.83 bits per heavy atom. The van der Waals surface area contributed by atoms with Crippen molar-refractivity contribution >= 4 is 5.69 Å². The molecule has 0 N–H and O–H groups in total. The summed E-state index contributed by atoms with van der Waals surface area (Å²) in [7, 11) is 0. The number of ether oxygens (including phenoxy) is 4. The number of benzene rings is 1. The Morgan fingerprint density at radius 2 is 1.24 bits per heavy atom. The van der Waals surface area contributed by atoms with Gasteiger partial charge in [0, 0.05) is 11.4 Å². The topological polar surface area (TPSA) is 56.6 Å². The van der Waals surface area contributed by atoms with Gasteiger partial charge in [0.05, 0.1) is 26.4 Å². The van der Waals surface area contributed by atoms with E-state index in [1.165, 1.54) is 22.5 Å². The quantitative estimate of drug-likeness (QED) is 0.632. The number of nitrogens with zero attached hydrogens (tertiary/aromatic N) is 2. The van der Waals surface area contributed by atoms with E-state index in [1.54, 1.807) is 0 Å². The zero-order valence-corrected chi connectivity index (χ0v) is 16.4. The lowest BCUT2D eigenvalue weighted by Crippen LogP contribution is -2.29. The smallest absolute Gasteiger partial charge is 0.156 e. The molecule has 6 heteroatoms. The molecule has 1 aliphatic carbocycles. The SMILES string of the molecule is C1=C\C(N(C2CO2)C2CO2)=C/CC\C=C/1Cc1ccc(N(C2CO2)C2CO2)cc1. The van der Waals surface area contributed by atoms with E-state index in [0.717, 1.165) is 45.7 Å². The molecular weight excluding hydrogens is 368 g/mol. The number of hydrogen-bond acceptors (Lipinski definition) is 6. The highest BCUT2D eigenvalue weighted by Crippen LogP contribution is 2.33. The van der Waals surface area contributed by atoms with Crippen LogP contribution in [0.25, 0.3) is 0 Å². The van der Waals surface area contributed by atoms with Gasteiger partial charge < -0.3 is 28.7 Å². The highest BCUT2D eigenvalue weighted by atomic mass is 16.6. The van der Waals surface area contributed by atoms with Gasteiger partial charge in [0.1, 0.15) is 0 Å². The molecule has 4 unspecified atom stereocenters. The Labute approximate surface area is 171 Å². The van der Waals surface area contributed by atoms with Gasteiger partial charge in [-0.3, -0.25) is 0 Å². The molecule has 6 rings (SSSR count). The number of allylic oxidation sites excluding steroid dienone is 5. The average Bonchev–Trinajstić information content (AvgIpc) is 3.55. The lowest BCUT2D eigenvalue weighted by Gasteiger charge is -2.22. The minimum Gasteiger partial charge on any atom is -0.351 e. The Balaban J connectivity index is 1.14. The zero-order chi connectivity index (χ0) is 19.2. The van der Waals surface area contributed by atoms with Crippen molar-refractivity contribution in [2.45, 2.75) is 44.2 Å². The highest BCUT2D eigenvalue weighted by Gasteiger charge is 2.42. The van der Waals surface area contributed by atoms with Crippen molar-refractivity contribution in [1.82, 2.24) is 4.90 Å². The lowest BCUT2D eigenvalue weighted by atomic mass is 10.0. The molecule has 0 spiro atoms. The van der Waals surface area contributed by atoms with Gasteiger partial charge in [-0.05, 0) is 48.6 Å². The maximum Gasteiger partial charge on any atom is 0.156 e. The number of epoxide rings is 4. The van der Waals surface area contributed by atoms with Crippen LogP contribution in [0, 0.1) is 0 Å². The summed E-state index contributed by atoms with van der Waals surface area (Å²) < 4.78 is 22.0. The van der Waals surface area contributed by atoms with Crippen LogP contribution in [0.3, 0.4) is 0 Å². The maximum absolute atomic E-state index is 5.53. The zero-order valence-electron chi connectivity index (χ0n) is 16.4. The van der Waals surface area contributed by atoms with Crippen LogP contribution in [0.2, 0.25) is 0 Å². The van der Waals surface area contributed by atoms with Crippen LogP contribution in [0.15, 0.2) is 59.8 Å². The van der Waals surface area contributed by atoms with Crippen LogP contribution in [-0.4, -0.2) is 56.2 Å². The molecule has 5 aliphatic rings. The molecule has 1 aromatic carbocycles. The Morgan fingerprint density at radius 1 is 0.690 bits per heavy atom. The van der Waals surface area contributed by atoms with E-state index in [-0.39, 0.29) is 24.9 Å². The second-order valence-corrected chi connectivity index (χ2v) is 8.13. The van der Waals surface area contributed by atoms with E-state index in [9.17, 15) is 0 Å². The second kappa shape index (κ2) is 7.29. The van der Waals surface area contributed by atoms with E-state index in [1.807, 2.05) is 0 Å². The molecule has 0 saturated carbocycles. The summed E-state index contributed by atoms with van der Waals surface area (Å²) in [5.74, 6) is 0. The van der Waals surface area contributed by atoms with E-state index in [4.69, 9.17) is 18.9 Å². The molecule has 4 fully saturated rings. The predicted molar refractivity (Wildman–Crippen MR) is 108 cm³/mol. The van der Waals surface area contributed by atoms with Gasteiger partial charge in [-0.25, -0.2) is 0 Å². The summed E-state index contributed by atoms with van der Waals surface area (Å²) in [4.78, 5) is 4.52. The van der Waals surface area contributed by atoms with Crippen LogP contribution in [0.1, 0.15) is 18.4 Å². The average molecular weight is 394 g/mol. The molecular formula is C23H26N2O4. The first kappa shape index (κ1) is 17.7. The second-order valence-electron chi connectivity index (χ2n) is 8.13. The molecule has 0 aromatic heterocycles. The van der Waals surface area contributed by atoms with Gasteiger partial charge in [-0.1, -0.05) is 30.4 Å². The van der Waals surface area contributed by atoms with E-state index in [0.29, 0.717) is 0 Å². The van der Waals surface area contributed by atoms with Gasteiger partial charge >= 0.3 is 0 Å². The van der Waals surface area contributed by atoms with Gasteiger partial charge in [0.15, 0.2) is 24.9 Å². The fraction of sp³-hybridized carbons (Fsp3) is 0.478. The van der Waals surface area contributed by atoms with Crippen molar-refractivity contribution in [2.75, 3.05) is 31.3 Å². The van der Waals surface area contributed by atoms with Crippen molar-refractivity contribution < 1.29 is 18.9 Å². The fourth-order valence-corrected chi connectivity index (χ4v) is 4.02. The van der Waals surface area contributed by atoms with Gasteiger partial charge in [-0.15, -0.1) is 0 Å². The summed E-state index contributed by atoms with van der Waals surface area (Å²) in [5.41, 5.74) is 5.07. The third-order valence-corrected chi connectivity index (χ3v) is 5.84. The third kappa shape index (κ3) is 4.12. The van der Waals surface area contributed by atoms with Crippen LogP contribution in [-0.2, 0) is 25.4 Å². The largest absolute Gasteiger partial charge is 0.351 e. The van der Waals surface area contributed by atoms with Gasteiger partial charge in [0.2, 0.25) is 0 Å². The predicted octanol–water partition coefficient (Wildman–Crippen LogP) is 2.92. The Bertz CT molecular complexity index is 822. The molecule has 6 nitrogen and oxygen atoms in total. The molecule has 4 aliphatic heterocycles. The van der Waals surface area contributed by atoms with Crippen molar-refractivity contribution in [3.63, 3.8) is 0 Å². The molecule has 0 bridgehead atoms. The van der Waals surface area contributed by atoms with Crippen molar-refractivity contribution in [1.29, 1.82) is 0 Å². The van der Waals surface area contributed by atoms with Gasteiger partial charge in [0.25, 0.3) is 0 Å². The molecule has 4 atom stereocenters. The fourth-order valence-electron chi connectivity index (χ4n) is 4.02. The molecule has 0 radical (unpaired) electrons. The summed E-state index contributed by atoms with van der Waals surface area (Å²) in [6.45, 7) is 3.19. The van der Waals surface area contributed by atoms with Crippen LogP contribution < -0.4 is 4.90 Å². The summed E-state index contributed by atoms with van der Waals surface area (Å²) in [5, 5.41) is 0. The van der Waals surface area contributed by atoms with Crippen molar-refractivity contribution in [3.05, 3.63) is 65.4 Å². The summed E-state index contributed by atoms with van der Waals surface area (Å²) in [6, 6.07) is 8.82. The maximum atomic E-state index is 5.53. The summed E-state index contributed by atoms with van der Waals surface area (Å²) >= 11 is 0. The van der Waals surface area contributed by atoms with E-state index in [2.05, 4.69) is 58.4 Å². The first-order chi connectivity index (χ1) is 14.3. The first-order valence-corrected chi connectivity index (χ1v) is 10.5. The molecule has 29 heavy (non-hydrogen) atoms. The third-order valence-electron chi connectivity index (χ3n) is 5.84. The lowest BCUT2D eigenvalue weighted by molar-refractivity contribution is 0.156. The Kier molecular flexibility index (Phi) is 4.45. The number of hydrogen-bond donors (Lipinski definition) is 0.